The maximum atomic E-state index is 9.96. The number of alkyl halides is 1. The van der Waals surface area contributed by atoms with Gasteiger partial charge in [0, 0.05) is 5.88 Å². The standard InChI is InChI=1S/C9H5ClN2O2/c10-4-6-1-2-7-8(3-6)14-9(12-7)11-5-13/h1-3H,4H2. The first-order chi connectivity index (χ1) is 6.83. The molecule has 0 saturated carbocycles. The first-order valence-corrected chi connectivity index (χ1v) is 4.40. The van der Waals surface area contributed by atoms with E-state index < -0.39 is 0 Å². The molecule has 0 saturated heterocycles. The minimum Gasteiger partial charge on any atom is -0.421 e. The van der Waals surface area contributed by atoms with E-state index in [1.807, 2.05) is 6.07 Å². The van der Waals surface area contributed by atoms with Crippen molar-refractivity contribution < 1.29 is 9.21 Å². The molecular formula is C9H5ClN2O2. The Labute approximate surface area is 84.2 Å². The van der Waals surface area contributed by atoms with Crippen LogP contribution < -0.4 is 0 Å². The summed E-state index contributed by atoms with van der Waals surface area (Å²) in [5.74, 6) is 0.406. The van der Waals surface area contributed by atoms with Crippen LogP contribution >= 0.6 is 11.6 Å². The molecule has 2 rings (SSSR count). The van der Waals surface area contributed by atoms with Crippen LogP contribution in [0.5, 0.6) is 0 Å². The van der Waals surface area contributed by atoms with Crippen molar-refractivity contribution in [3.63, 3.8) is 0 Å². The molecule has 0 aliphatic carbocycles. The number of rotatable bonds is 2. The van der Waals surface area contributed by atoms with Crippen LogP contribution in [0, 0.1) is 0 Å². The van der Waals surface area contributed by atoms with Crippen molar-refractivity contribution >= 4 is 34.8 Å². The van der Waals surface area contributed by atoms with Gasteiger partial charge in [-0.3, -0.25) is 0 Å². The lowest BCUT2D eigenvalue weighted by atomic mass is 10.2. The van der Waals surface area contributed by atoms with Gasteiger partial charge in [0.25, 0.3) is 0 Å². The molecule has 70 valence electrons. The molecule has 0 atom stereocenters. The van der Waals surface area contributed by atoms with Gasteiger partial charge in [-0.05, 0) is 17.7 Å². The van der Waals surface area contributed by atoms with Gasteiger partial charge in [-0.1, -0.05) is 6.07 Å². The highest BCUT2D eigenvalue weighted by atomic mass is 35.5. The third kappa shape index (κ3) is 1.53. The Morgan fingerprint density at radius 1 is 1.57 bits per heavy atom. The Morgan fingerprint density at radius 2 is 2.43 bits per heavy atom. The lowest BCUT2D eigenvalue weighted by Crippen LogP contribution is -1.75. The van der Waals surface area contributed by atoms with E-state index >= 15 is 0 Å². The summed E-state index contributed by atoms with van der Waals surface area (Å²) in [5.41, 5.74) is 2.14. The van der Waals surface area contributed by atoms with Crippen molar-refractivity contribution in [2.24, 2.45) is 4.99 Å². The summed E-state index contributed by atoms with van der Waals surface area (Å²) >= 11 is 5.65. The monoisotopic (exact) mass is 208 g/mol. The van der Waals surface area contributed by atoms with E-state index in [1.165, 1.54) is 6.08 Å². The summed E-state index contributed by atoms with van der Waals surface area (Å²) in [6.45, 7) is 0. The van der Waals surface area contributed by atoms with Crippen molar-refractivity contribution in [3.8, 4) is 0 Å². The summed E-state index contributed by atoms with van der Waals surface area (Å²) in [6, 6.07) is 5.38. The maximum Gasteiger partial charge on any atom is 0.333 e. The Balaban J connectivity index is 2.59. The highest BCUT2D eigenvalue weighted by Gasteiger charge is 2.04. The number of benzene rings is 1. The summed E-state index contributed by atoms with van der Waals surface area (Å²) in [7, 11) is 0. The zero-order chi connectivity index (χ0) is 9.97. The molecule has 1 aromatic heterocycles. The second-order valence-electron chi connectivity index (χ2n) is 2.64. The Kier molecular flexibility index (Phi) is 2.31. The largest absolute Gasteiger partial charge is 0.421 e. The van der Waals surface area contributed by atoms with Crippen molar-refractivity contribution in [2.45, 2.75) is 5.88 Å². The number of carbonyl (C=O) groups excluding carboxylic acids is 1. The summed E-state index contributed by atoms with van der Waals surface area (Å²) < 4.78 is 5.15. The van der Waals surface area contributed by atoms with E-state index in [2.05, 4.69) is 9.98 Å². The van der Waals surface area contributed by atoms with Crippen LogP contribution in [0.1, 0.15) is 5.56 Å². The van der Waals surface area contributed by atoms with Gasteiger partial charge in [-0.15, -0.1) is 16.6 Å². The predicted molar refractivity (Wildman–Crippen MR) is 51.3 cm³/mol. The van der Waals surface area contributed by atoms with Crippen molar-refractivity contribution in [2.75, 3.05) is 0 Å². The first-order valence-electron chi connectivity index (χ1n) is 3.87. The SMILES string of the molecule is O=C=Nc1nc2ccc(CCl)cc2o1. The van der Waals surface area contributed by atoms with Gasteiger partial charge in [0.15, 0.2) is 5.58 Å². The number of aliphatic imine (C=N–C) groups is 1. The van der Waals surface area contributed by atoms with Crippen LogP contribution in [-0.4, -0.2) is 11.1 Å². The molecule has 5 heteroatoms. The van der Waals surface area contributed by atoms with Crippen LogP contribution in [-0.2, 0) is 10.7 Å². The van der Waals surface area contributed by atoms with Crippen LogP contribution in [0.4, 0.5) is 6.01 Å². The molecule has 4 nitrogen and oxygen atoms in total. The fourth-order valence-corrected chi connectivity index (χ4v) is 1.29. The Bertz CT molecular complexity index is 515. The molecule has 14 heavy (non-hydrogen) atoms. The van der Waals surface area contributed by atoms with Crippen molar-refractivity contribution in [1.82, 2.24) is 4.98 Å². The molecular weight excluding hydrogens is 204 g/mol. The van der Waals surface area contributed by atoms with Crippen LogP contribution in [0.15, 0.2) is 27.6 Å². The normalized spacial score (nSPS) is 10.1. The molecule has 1 aromatic carbocycles. The van der Waals surface area contributed by atoms with E-state index in [0.29, 0.717) is 17.0 Å². The van der Waals surface area contributed by atoms with E-state index in [0.717, 1.165) is 5.56 Å². The van der Waals surface area contributed by atoms with Crippen LogP contribution in [0.25, 0.3) is 11.1 Å². The molecule has 0 unspecified atom stereocenters. The molecule has 0 bridgehead atoms. The quantitative estimate of drug-likeness (QED) is 0.433. The Morgan fingerprint density at radius 3 is 3.14 bits per heavy atom. The van der Waals surface area contributed by atoms with Crippen molar-refractivity contribution in [3.05, 3.63) is 23.8 Å². The van der Waals surface area contributed by atoms with Gasteiger partial charge in [-0.25, -0.2) is 4.79 Å². The van der Waals surface area contributed by atoms with E-state index in [1.54, 1.807) is 12.1 Å². The number of nitrogens with zero attached hydrogens (tertiary/aromatic N) is 2. The fraction of sp³-hybridized carbons (Fsp3) is 0.111. The topological polar surface area (TPSA) is 55.5 Å². The Hall–Kier alpha value is -1.64. The molecule has 0 aliphatic heterocycles. The van der Waals surface area contributed by atoms with Crippen LogP contribution in [0.3, 0.4) is 0 Å². The maximum absolute atomic E-state index is 9.96. The van der Waals surface area contributed by atoms with Gasteiger partial charge in [-0.2, -0.15) is 4.98 Å². The number of oxazole rings is 1. The van der Waals surface area contributed by atoms with Gasteiger partial charge >= 0.3 is 6.01 Å². The van der Waals surface area contributed by atoms with Gasteiger partial charge in [0.1, 0.15) is 5.52 Å². The van der Waals surface area contributed by atoms with Crippen molar-refractivity contribution in [1.29, 1.82) is 0 Å². The molecule has 0 fully saturated rings. The van der Waals surface area contributed by atoms with Gasteiger partial charge in [0.05, 0.1) is 0 Å². The lowest BCUT2D eigenvalue weighted by Gasteiger charge is -1.91. The predicted octanol–water partition coefficient (Wildman–Crippen LogP) is 2.53. The van der Waals surface area contributed by atoms with E-state index in [9.17, 15) is 4.79 Å². The number of fused-ring (bicyclic) bond motifs is 1. The summed E-state index contributed by atoms with van der Waals surface area (Å²) in [4.78, 5) is 17.2. The van der Waals surface area contributed by atoms with E-state index in [-0.39, 0.29) is 6.01 Å². The average molecular weight is 209 g/mol. The zero-order valence-corrected chi connectivity index (χ0v) is 7.78. The third-order valence-corrected chi connectivity index (χ3v) is 2.05. The average Bonchev–Trinajstić information content (AvgIpc) is 2.59. The fourth-order valence-electron chi connectivity index (χ4n) is 1.13. The number of hydrogen-bond acceptors (Lipinski definition) is 4. The van der Waals surface area contributed by atoms with Crippen LogP contribution in [0.2, 0.25) is 0 Å². The molecule has 0 amide bonds. The summed E-state index contributed by atoms with van der Waals surface area (Å²) in [6.07, 6.45) is 1.37. The van der Waals surface area contributed by atoms with Gasteiger partial charge in [0.2, 0.25) is 6.08 Å². The minimum absolute atomic E-state index is 0.0155. The number of halogens is 1. The lowest BCUT2D eigenvalue weighted by molar-refractivity contribution is 0.560. The molecule has 0 spiro atoms. The highest BCUT2D eigenvalue weighted by Crippen LogP contribution is 2.22. The zero-order valence-electron chi connectivity index (χ0n) is 7.03. The molecule has 0 aliphatic rings. The second-order valence-corrected chi connectivity index (χ2v) is 2.90. The molecule has 2 aromatic rings. The number of isocyanates is 1. The first kappa shape index (κ1) is 8.94. The van der Waals surface area contributed by atoms with Gasteiger partial charge < -0.3 is 4.42 Å². The number of aromatic nitrogens is 1. The smallest absolute Gasteiger partial charge is 0.333 e. The third-order valence-electron chi connectivity index (χ3n) is 1.74. The molecule has 0 N–H and O–H groups in total. The number of hydrogen-bond donors (Lipinski definition) is 0. The summed E-state index contributed by atoms with van der Waals surface area (Å²) in [5, 5.41) is 0. The van der Waals surface area contributed by atoms with E-state index in [4.69, 9.17) is 16.0 Å². The highest BCUT2D eigenvalue weighted by molar-refractivity contribution is 6.17. The second kappa shape index (κ2) is 3.62. The molecule has 1 heterocycles. The minimum atomic E-state index is 0.0155. The molecule has 0 radical (unpaired) electrons.